The Hall–Kier alpha value is -2.15. The molecule has 0 atom stereocenters. The summed E-state index contributed by atoms with van der Waals surface area (Å²) in [5.41, 5.74) is 0.849. The summed E-state index contributed by atoms with van der Waals surface area (Å²) in [5.74, 6) is 2.50. The van der Waals surface area contributed by atoms with Gasteiger partial charge in [0.1, 0.15) is 11.6 Å². The van der Waals surface area contributed by atoms with Gasteiger partial charge in [-0.05, 0) is 19.1 Å². The third-order valence-electron chi connectivity index (χ3n) is 2.99. The molecule has 108 valence electrons. The molecular weight excluding hydrogens is 284 g/mol. The van der Waals surface area contributed by atoms with Crippen LogP contribution in [0.1, 0.15) is 5.82 Å². The molecule has 0 aromatic carbocycles. The van der Waals surface area contributed by atoms with Gasteiger partial charge in [0.25, 0.3) is 0 Å². The van der Waals surface area contributed by atoms with E-state index in [9.17, 15) is 0 Å². The molecule has 21 heavy (non-hydrogen) atoms. The standard InChI is InChI=1S/C14H16N6S/c1-10-18-13(11-9-17-20(2)14(11)19-10)16-7-8-21-12-5-3-4-6-15-12/h3-6,9H,7-8H2,1-2H3,(H,16,18,19). The van der Waals surface area contributed by atoms with E-state index in [1.165, 1.54) is 0 Å². The molecule has 0 saturated carbocycles. The zero-order valence-corrected chi connectivity index (χ0v) is 12.8. The summed E-state index contributed by atoms with van der Waals surface area (Å²) < 4.78 is 1.76. The molecule has 3 aromatic rings. The lowest BCUT2D eigenvalue weighted by molar-refractivity contribution is 0.783. The van der Waals surface area contributed by atoms with Crippen molar-refractivity contribution in [2.45, 2.75) is 11.9 Å². The SMILES string of the molecule is Cc1nc(NCCSc2ccccn2)c2cnn(C)c2n1. The minimum atomic E-state index is 0.742. The summed E-state index contributed by atoms with van der Waals surface area (Å²) in [4.78, 5) is 13.2. The van der Waals surface area contributed by atoms with E-state index in [2.05, 4.69) is 25.4 Å². The maximum atomic E-state index is 4.46. The highest BCUT2D eigenvalue weighted by molar-refractivity contribution is 7.99. The van der Waals surface area contributed by atoms with Crippen molar-refractivity contribution < 1.29 is 0 Å². The molecule has 0 fully saturated rings. The summed E-state index contributed by atoms with van der Waals surface area (Å²) in [6.07, 6.45) is 3.60. The topological polar surface area (TPSA) is 68.5 Å². The normalized spacial score (nSPS) is 11.0. The summed E-state index contributed by atoms with van der Waals surface area (Å²) in [6.45, 7) is 2.70. The summed E-state index contributed by atoms with van der Waals surface area (Å²) in [6, 6.07) is 5.93. The first-order chi connectivity index (χ1) is 10.2. The Morgan fingerprint density at radius 1 is 1.29 bits per heavy atom. The maximum Gasteiger partial charge on any atom is 0.163 e. The van der Waals surface area contributed by atoms with Gasteiger partial charge in [0.2, 0.25) is 0 Å². The van der Waals surface area contributed by atoms with Gasteiger partial charge in [-0.3, -0.25) is 4.68 Å². The smallest absolute Gasteiger partial charge is 0.163 e. The third-order valence-corrected chi connectivity index (χ3v) is 3.93. The second kappa shape index (κ2) is 6.09. The van der Waals surface area contributed by atoms with Crippen molar-refractivity contribution in [2.24, 2.45) is 7.05 Å². The average molecular weight is 300 g/mol. The molecule has 0 aliphatic rings. The van der Waals surface area contributed by atoms with Crippen LogP contribution in [0.4, 0.5) is 5.82 Å². The number of nitrogens with zero attached hydrogens (tertiary/aromatic N) is 5. The molecular formula is C14H16N6S. The fraction of sp³-hybridized carbons (Fsp3) is 0.286. The number of aromatic nitrogens is 5. The van der Waals surface area contributed by atoms with Crippen LogP contribution in [0, 0.1) is 6.92 Å². The maximum absolute atomic E-state index is 4.46. The van der Waals surface area contributed by atoms with Gasteiger partial charge in [0, 0.05) is 25.5 Å². The van der Waals surface area contributed by atoms with E-state index in [0.717, 1.165) is 40.0 Å². The van der Waals surface area contributed by atoms with Crippen LogP contribution in [0.3, 0.4) is 0 Å². The van der Waals surface area contributed by atoms with Crippen LogP contribution in [0.25, 0.3) is 11.0 Å². The highest BCUT2D eigenvalue weighted by atomic mass is 32.2. The molecule has 0 saturated heterocycles. The Balaban J connectivity index is 1.65. The highest BCUT2D eigenvalue weighted by Gasteiger charge is 2.09. The third kappa shape index (κ3) is 3.13. The molecule has 3 heterocycles. The minimum absolute atomic E-state index is 0.742. The number of pyridine rings is 1. The molecule has 6 nitrogen and oxygen atoms in total. The number of hydrogen-bond donors (Lipinski definition) is 1. The Morgan fingerprint density at radius 2 is 2.19 bits per heavy atom. The summed E-state index contributed by atoms with van der Waals surface area (Å²) in [7, 11) is 1.88. The highest BCUT2D eigenvalue weighted by Crippen LogP contribution is 2.20. The number of nitrogens with one attached hydrogen (secondary N) is 1. The molecule has 0 aliphatic heterocycles. The first-order valence-corrected chi connectivity index (χ1v) is 7.66. The Bertz CT molecular complexity index is 740. The molecule has 0 amide bonds. The van der Waals surface area contributed by atoms with E-state index in [1.807, 2.05) is 38.4 Å². The van der Waals surface area contributed by atoms with Gasteiger partial charge in [0.15, 0.2) is 5.65 Å². The molecule has 0 aliphatic carbocycles. The molecule has 0 spiro atoms. The van der Waals surface area contributed by atoms with E-state index >= 15 is 0 Å². The molecule has 3 aromatic heterocycles. The lowest BCUT2D eigenvalue weighted by Gasteiger charge is -2.07. The minimum Gasteiger partial charge on any atom is -0.369 e. The van der Waals surface area contributed by atoms with Crippen molar-refractivity contribution >= 4 is 28.6 Å². The van der Waals surface area contributed by atoms with Crippen LogP contribution in [0.5, 0.6) is 0 Å². The fourth-order valence-corrected chi connectivity index (χ4v) is 2.75. The summed E-state index contributed by atoms with van der Waals surface area (Å²) >= 11 is 1.72. The zero-order chi connectivity index (χ0) is 14.7. The van der Waals surface area contributed by atoms with Crippen LogP contribution in [-0.4, -0.2) is 37.0 Å². The summed E-state index contributed by atoms with van der Waals surface area (Å²) in [5, 5.41) is 9.57. The molecule has 7 heteroatoms. The van der Waals surface area contributed by atoms with Gasteiger partial charge < -0.3 is 5.32 Å². The van der Waals surface area contributed by atoms with Gasteiger partial charge >= 0.3 is 0 Å². The van der Waals surface area contributed by atoms with Crippen molar-refractivity contribution in [1.82, 2.24) is 24.7 Å². The number of hydrogen-bond acceptors (Lipinski definition) is 6. The van der Waals surface area contributed by atoms with E-state index < -0.39 is 0 Å². The predicted molar refractivity (Wildman–Crippen MR) is 84.5 cm³/mol. The Labute approximate surface area is 127 Å². The van der Waals surface area contributed by atoms with Crippen LogP contribution < -0.4 is 5.32 Å². The van der Waals surface area contributed by atoms with Gasteiger partial charge in [-0.1, -0.05) is 6.07 Å². The lowest BCUT2D eigenvalue weighted by atomic mass is 10.4. The number of thioether (sulfide) groups is 1. The van der Waals surface area contributed by atoms with E-state index in [1.54, 1.807) is 22.6 Å². The Kier molecular flexibility index (Phi) is 4.01. The predicted octanol–water partition coefficient (Wildman–Crippen LogP) is 2.27. The number of fused-ring (bicyclic) bond motifs is 1. The van der Waals surface area contributed by atoms with E-state index in [-0.39, 0.29) is 0 Å². The monoisotopic (exact) mass is 300 g/mol. The molecule has 0 radical (unpaired) electrons. The van der Waals surface area contributed by atoms with Crippen molar-refractivity contribution in [2.75, 3.05) is 17.6 Å². The van der Waals surface area contributed by atoms with Crippen molar-refractivity contribution in [3.8, 4) is 0 Å². The van der Waals surface area contributed by atoms with Gasteiger partial charge in [-0.15, -0.1) is 11.8 Å². The van der Waals surface area contributed by atoms with Crippen LogP contribution in [0.15, 0.2) is 35.6 Å². The van der Waals surface area contributed by atoms with E-state index in [4.69, 9.17) is 0 Å². The van der Waals surface area contributed by atoms with Crippen molar-refractivity contribution in [1.29, 1.82) is 0 Å². The zero-order valence-electron chi connectivity index (χ0n) is 11.9. The van der Waals surface area contributed by atoms with Crippen LogP contribution in [-0.2, 0) is 7.05 Å². The fourth-order valence-electron chi connectivity index (χ4n) is 2.02. The van der Waals surface area contributed by atoms with Gasteiger partial charge in [0.05, 0.1) is 16.6 Å². The quantitative estimate of drug-likeness (QED) is 0.576. The first-order valence-electron chi connectivity index (χ1n) is 6.68. The van der Waals surface area contributed by atoms with Crippen molar-refractivity contribution in [3.05, 3.63) is 36.4 Å². The van der Waals surface area contributed by atoms with Crippen LogP contribution >= 0.6 is 11.8 Å². The first kappa shape index (κ1) is 13.8. The average Bonchev–Trinajstić information content (AvgIpc) is 2.86. The molecule has 0 bridgehead atoms. The number of anilines is 1. The van der Waals surface area contributed by atoms with Gasteiger partial charge in [-0.25, -0.2) is 15.0 Å². The molecule has 1 N–H and O–H groups in total. The molecule has 3 rings (SSSR count). The molecule has 0 unspecified atom stereocenters. The lowest BCUT2D eigenvalue weighted by Crippen LogP contribution is -2.08. The van der Waals surface area contributed by atoms with Gasteiger partial charge in [-0.2, -0.15) is 5.10 Å². The van der Waals surface area contributed by atoms with E-state index in [0.29, 0.717) is 0 Å². The number of aryl methyl sites for hydroxylation is 2. The Morgan fingerprint density at radius 3 is 3.00 bits per heavy atom. The largest absolute Gasteiger partial charge is 0.369 e. The second-order valence-corrected chi connectivity index (χ2v) is 5.68. The van der Waals surface area contributed by atoms with Crippen molar-refractivity contribution in [3.63, 3.8) is 0 Å². The second-order valence-electron chi connectivity index (χ2n) is 4.57. The van der Waals surface area contributed by atoms with Crippen LogP contribution in [0.2, 0.25) is 0 Å². The number of rotatable bonds is 5.